The third-order valence-corrected chi connectivity index (χ3v) is 5.38. The van der Waals surface area contributed by atoms with Crippen molar-refractivity contribution < 1.29 is 4.79 Å². The molecule has 0 spiro atoms. The van der Waals surface area contributed by atoms with Crippen LogP contribution in [0.3, 0.4) is 0 Å². The molecule has 1 saturated carbocycles. The molecule has 0 aromatic carbocycles. The van der Waals surface area contributed by atoms with Gasteiger partial charge in [-0.15, -0.1) is 0 Å². The number of hydrogen-bond acceptors (Lipinski definition) is 1. The lowest BCUT2D eigenvalue weighted by molar-refractivity contribution is -0.120. The van der Waals surface area contributed by atoms with Crippen LogP contribution in [0.2, 0.25) is 0 Å². The van der Waals surface area contributed by atoms with Gasteiger partial charge in [0.25, 0.3) is 0 Å². The Morgan fingerprint density at radius 2 is 1.63 bits per heavy atom. The highest BCUT2D eigenvalue weighted by molar-refractivity contribution is 5.47. The molecule has 0 atom stereocenters. The number of piperidine rings is 1. The molecule has 1 heterocycles. The molecule has 0 N–H and O–H groups in total. The van der Waals surface area contributed by atoms with E-state index in [1.165, 1.54) is 32.1 Å². The fraction of sp³-hybridized carbons (Fsp3) is 0.941. The van der Waals surface area contributed by atoms with Crippen LogP contribution >= 0.6 is 0 Å². The maximum atomic E-state index is 10.5. The monoisotopic (exact) mass is 267 g/mol. The lowest BCUT2D eigenvalue weighted by Gasteiger charge is -2.40. The fourth-order valence-corrected chi connectivity index (χ4v) is 3.02. The van der Waals surface area contributed by atoms with E-state index < -0.39 is 0 Å². The van der Waals surface area contributed by atoms with Crippen LogP contribution < -0.4 is 0 Å². The van der Waals surface area contributed by atoms with E-state index >= 15 is 0 Å². The SMILES string of the molecule is CC(C)C1(C)CCN(C=O)CC1.CC1CCCCC1. The molecule has 1 saturated heterocycles. The third-order valence-electron chi connectivity index (χ3n) is 5.38. The van der Waals surface area contributed by atoms with E-state index in [1.807, 2.05) is 4.90 Å². The minimum absolute atomic E-state index is 0.458. The predicted molar refractivity (Wildman–Crippen MR) is 82.1 cm³/mol. The van der Waals surface area contributed by atoms with Crippen LogP contribution in [-0.4, -0.2) is 24.4 Å². The molecule has 1 amide bonds. The van der Waals surface area contributed by atoms with Crippen molar-refractivity contribution in [3.8, 4) is 0 Å². The average Bonchev–Trinajstić information content (AvgIpc) is 2.41. The second kappa shape index (κ2) is 7.91. The molecule has 2 fully saturated rings. The molecule has 2 rings (SSSR count). The van der Waals surface area contributed by atoms with Crippen molar-refractivity contribution in [1.29, 1.82) is 0 Å². The maximum absolute atomic E-state index is 10.5. The molecule has 1 aliphatic carbocycles. The second-order valence-corrected chi connectivity index (χ2v) is 7.19. The highest BCUT2D eigenvalue weighted by Gasteiger charge is 2.32. The van der Waals surface area contributed by atoms with Crippen LogP contribution in [0.4, 0.5) is 0 Å². The summed E-state index contributed by atoms with van der Waals surface area (Å²) in [6, 6.07) is 0. The molecule has 0 unspecified atom stereocenters. The molecule has 2 aliphatic rings. The fourth-order valence-electron chi connectivity index (χ4n) is 3.02. The first kappa shape index (κ1) is 16.5. The van der Waals surface area contributed by atoms with Crippen LogP contribution in [0, 0.1) is 17.3 Å². The minimum atomic E-state index is 0.458. The van der Waals surface area contributed by atoms with Crippen molar-refractivity contribution in [3.63, 3.8) is 0 Å². The Bertz CT molecular complexity index is 248. The van der Waals surface area contributed by atoms with E-state index in [2.05, 4.69) is 27.7 Å². The zero-order valence-electron chi connectivity index (χ0n) is 13.5. The average molecular weight is 267 g/mol. The van der Waals surface area contributed by atoms with Crippen molar-refractivity contribution in [2.24, 2.45) is 17.3 Å². The standard InChI is InChI=1S/C10H19NO.C7H14/c1-9(2)10(3)4-6-11(8-12)7-5-10;1-7-5-3-2-4-6-7/h8-9H,4-7H2,1-3H3;7H,2-6H2,1H3. The van der Waals surface area contributed by atoms with Crippen LogP contribution in [0.25, 0.3) is 0 Å². The van der Waals surface area contributed by atoms with Crippen LogP contribution in [0.1, 0.15) is 72.6 Å². The first-order valence-corrected chi connectivity index (χ1v) is 8.17. The van der Waals surface area contributed by atoms with Crippen molar-refractivity contribution in [3.05, 3.63) is 0 Å². The van der Waals surface area contributed by atoms with E-state index in [0.29, 0.717) is 5.41 Å². The Morgan fingerprint density at radius 3 is 1.95 bits per heavy atom. The molecule has 19 heavy (non-hydrogen) atoms. The van der Waals surface area contributed by atoms with E-state index in [4.69, 9.17) is 0 Å². The molecule has 0 aromatic heterocycles. The van der Waals surface area contributed by atoms with E-state index in [-0.39, 0.29) is 0 Å². The number of amides is 1. The molecule has 0 radical (unpaired) electrons. The Labute approximate surface area is 119 Å². The van der Waals surface area contributed by atoms with Gasteiger partial charge in [-0.05, 0) is 30.1 Å². The van der Waals surface area contributed by atoms with Crippen molar-refractivity contribution in [1.82, 2.24) is 4.90 Å². The lowest BCUT2D eigenvalue weighted by Crippen LogP contribution is -2.40. The molecular weight excluding hydrogens is 234 g/mol. The molecule has 112 valence electrons. The van der Waals surface area contributed by atoms with Gasteiger partial charge in [0.05, 0.1) is 0 Å². The van der Waals surface area contributed by atoms with Crippen molar-refractivity contribution >= 4 is 6.41 Å². The predicted octanol–water partition coefficient (Wildman–Crippen LogP) is 4.49. The number of hydrogen-bond donors (Lipinski definition) is 0. The number of carbonyl (C=O) groups excluding carboxylic acids is 1. The van der Waals surface area contributed by atoms with Crippen LogP contribution in [-0.2, 0) is 4.79 Å². The summed E-state index contributed by atoms with van der Waals surface area (Å²) in [5.74, 6) is 1.76. The van der Waals surface area contributed by atoms with E-state index in [9.17, 15) is 4.79 Å². The Morgan fingerprint density at radius 1 is 1.11 bits per heavy atom. The molecule has 1 aliphatic heterocycles. The van der Waals surface area contributed by atoms with Crippen molar-refractivity contribution in [2.75, 3.05) is 13.1 Å². The summed E-state index contributed by atoms with van der Waals surface area (Å²) in [6.45, 7) is 11.1. The minimum Gasteiger partial charge on any atom is -0.345 e. The summed E-state index contributed by atoms with van der Waals surface area (Å²) in [5, 5.41) is 0. The van der Waals surface area contributed by atoms with Gasteiger partial charge in [0.1, 0.15) is 0 Å². The number of carbonyl (C=O) groups is 1. The number of nitrogens with zero attached hydrogens (tertiary/aromatic N) is 1. The van der Waals surface area contributed by atoms with Gasteiger partial charge in [0, 0.05) is 13.1 Å². The summed E-state index contributed by atoms with van der Waals surface area (Å²) < 4.78 is 0. The molecule has 0 bridgehead atoms. The first-order valence-electron chi connectivity index (χ1n) is 8.17. The highest BCUT2D eigenvalue weighted by atomic mass is 16.1. The van der Waals surface area contributed by atoms with Gasteiger partial charge in [0.15, 0.2) is 0 Å². The van der Waals surface area contributed by atoms with Gasteiger partial charge in [-0.25, -0.2) is 0 Å². The topological polar surface area (TPSA) is 20.3 Å². The number of likely N-dealkylation sites (tertiary alicyclic amines) is 1. The Hall–Kier alpha value is -0.530. The van der Waals surface area contributed by atoms with Gasteiger partial charge in [0.2, 0.25) is 6.41 Å². The third kappa shape index (κ3) is 5.54. The molecule has 0 aromatic rings. The summed E-state index contributed by atoms with van der Waals surface area (Å²) in [4.78, 5) is 12.3. The van der Waals surface area contributed by atoms with Crippen LogP contribution in [0.5, 0.6) is 0 Å². The smallest absolute Gasteiger partial charge is 0.209 e. The van der Waals surface area contributed by atoms with Gasteiger partial charge in [-0.3, -0.25) is 4.79 Å². The summed E-state index contributed by atoms with van der Waals surface area (Å²) >= 11 is 0. The summed E-state index contributed by atoms with van der Waals surface area (Å²) in [6.07, 6.45) is 10.7. The Balaban J connectivity index is 0.000000218. The number of rotatable bonds is 2. The van der Waals surface area contributed by atoms with Gasteiger partial charge in [-0.2, -0.15) is 0 Å². The van der Waals surface area contributed by atoms with E-state index in [1.54, 1.807) is 0 Å². The normalized spacial score (nSPS) is 23.7. The van der Waals surface area contributed by atoms with E-state index in [0.717, 1.165) is 44.2 Å². The summed E-state index contributed by atoms with van der Waals surface area (Å²) in [7, 11) is 0. The quantitative estimate of drug-likeness (QED) is 0.675. The van der Waals surface area contributed by atoms with Gasteiger partial charge in [-0.1, -0.05) is 59.8 Å². The van der Waals surface area contributed by atoms with Crippen molar-refractivity contribution in [2.45, 2.75) is 72.6 Å². The zero-order chi connectivity index (χ0) is 14.3. The summed E-state index contributed by atoms with van der Waals surface area (Å²) in [5.41, 5.74) is 0.458. The largest absolute Gasteiger partial charge is 0.345 e. The molecule has 2 heteroatoms. The lowest BCUT2D eigenvalue weighted by atomic mass is 9.72. The van der Waals surface area contributed by atoms with Gasteiger partial charge < -0.3 is 4.90 Å². The van der Waals surface area contributed by atoms with Gasteiger partial charge >= 0.3 is 0 Å². The zero-order valence-corrected chi connectivity index (χ0v) is 13.5. The molecular formula is C17H33NO. The highest BCUT2D eigenvalue weighted by Crippen LogP contribution is 2.37. The van der Waals surface area contributed by atoms with Crippen LogP contribution in [0.15, 0.2) is 0 Å². The Kier molecular flexibility index (Phi) is 6.88. The first-order chi connectivity index (χ1) is 8.98. The second-order valence-electron chi connectivity index (χ2n) is 7.19. The molecule has 2 nitrogen and oxygen atoms in total. The maximum Gasteiger partial charge on any atom is 0.209 e.